The number of hydrogen-bond acceptors (Lipinski definition) is 3. The molecule has 0 fully saturated rings. The van der Waals surface area contributed by atoms with Gasteiger partial charge in [-0.05, 0) is 20.6 Å². The minimum Gasteiger partial charge on any atom is -0.285 e. The summed E-state index contributed by atoms with van der Waals surface area (Å²) in [6.07, 6.45) is 4.18. The fourth-order valence-corrected chi connectivity index (χ4v) is 2.40. The smallest absolute Gasteiger partial charge is 0.202 e. The van der Waals surface area contributed by atoms with E-state index >= 15 is 0 Å². The Morgan fingerprint density at radius 2 is 2.17 bits per heavy atom. The summed E-state index contributed by atoms with van der Waals surface area (Å²) in [6.45, 7) is 2.87. The second-order valence-corrected chi connectivity index (χ2v) is 5.40. The van der Waals surface area contributed by atoms with Gasteiger partial charge < -0.3 is 0 Å². The zero-order chi connectivity index (χ0) is 13.2. The molecule has 0 heterocycles. The molecule has 0 saturated heterocycles. The maximum atomic E-state index is 10.7. The first kappa shape index (κ1) is 15.3. The van der Waals surface area contributed by atoms with Gasteiger partial charge in [0, 0.05) is 34.7 Å². The number of halogens is 1. The van der Waals surface area contributed by atoms with Crippen molar-refractivity contribution in [2.45, 2.75) is 6.92 Å². The lowest BCUT2D eigenvalue weighted by Gasteiger charge is -2.11. The first-order chi connectivity index (χ1) is 8.72. The maximum Gasteiger partial charge on any atom is 0.202 e. The van der Waals surface area contributed by atoms with E-state index in [0.29, 0.717) is 6.54 Å². The first-order valence-electron chi connectivity index (χ1n) is 5.47. The van der Waals surface area contributed by atoms with Gasteiger partial charge in [-0.2, -0.15) is 0 Å². The first-order valence-corrected chi connectivity index (χ1v) is 8.78. The normalized spacial score (nSPS) is 10.4. The Labute approximate surface area is 125 Å². The number of ketones is 1. The van der Waals surface area contributed by atoms with Crippen LogP contribution in [0.4, 0.5) is 0 Å². The summed E-state index contributed by atoms with van der Waals surface area (Å²) < 4.78 is 2.08. The lowest BCUT2D eigenvalue weighted by Crippen LogP contribution is -2.14. The van der Waals surface area contributed by atoms with Gasteiger partial charge in [0.1, 0.15) is 0 Å². The van der Waals surface area contributed by atoms with Gasteiger partial charge in [0.25, 0.3) is 0 Å². The molecule has 0 saturated carbocycles. The third-order valence-electron chi connectivity index (χ3n) is 2.04. The molecule has 0 unspecified atom stereocenters. The molecule has 1 aromatic carbocycles. The van der Waals surface area contributed by atoms with Crippen LogP contribution < -0.4 is 0 Å². The molecular formula is C14H14INOS. The Kier molecular flexibility index (Phi) is 7.81. The second-order valence-electron chi connectivity index (χ2n) is 3.56. The van der Waals surface area contributed by atoms with E-state index in [4.69, 9.17) is 0 Å². The third-order valence-corrected chi connectivity index (χ3v) is 4.18. The molecule has 0 bridgehead atoms. The molecule has 1 rings (SSSR count). The highest BCUT2D eigenvalue weighted by Gasteiger charge is 1.98. The van der Waals surface area contributed by atoms with Gasteiger partial charge in [-0.3, -0.25) is 4.79 Å². The van der Waals surface area contributed by atoms with Crippen molar-refractivity contribution < 1.29 is 4.79 Å². The molecule has 0 aliphatic heterocycles. The summed E-state index contributed by atoms with van der Waals surface area (Å²) in [4.78, 5) is 10.7. The van der Waals surface area contributed by atoms with Crippen molar-refractivity contribution in [2.75, 3.05) is 13.1 Å². The monoisotopic (exact) mass is 371 g/mol. The summed E-state index contributed by atoms with van der Waals surface area (Å²) >= 11 is 2.22. The molecule has 0 N–H and O–H groups in total. The lowest BCUT2D eigenvalue weighted by atomic mass is 10.2. The molecular weight excluding hydrogens is 357 g/mol. The van der Waals surface area contributed by atoms with Crippen molar-refractivity contribution in [1.82, 2.24) is 4.31 Å². The molecule has 0 amide bonds. The molecule has 1 aromatic rings. The summed E-state index contributed by atoms with van der Waals surface area (Å²) in [7, 11) is 1.60. The predicted molar refractivity (Wildman–Crippen MR) is 87.1 cm³/mol. The van der Waals surface area contributed by atoms with Gasteiger partial charge >= 0.3 is 0 Å². The number of Topliss-reactive ketones (excluding diaryl/α,β-unsaturated/α-hetero) is 1. The van der Waals surface area contributed by atoms with Crippen LogP contribution in [-0.2, 0) is 4.79 Å². The molecule has 0 radical (unpaired) electrons. The molecule has 0 aliphatic carbocycles. The van der Waals surface area contributed by atoms with Crippen molar-refractivity contribution in [1.29, 1.82) is 0 Å². The van der Waals surface area contributed by atoms with Crippen LogP contribution >= 0.6 is 30.3 Å². The fourth-order valence-electron chi connectivity index (χ4n) is 1.24. The molecule has 0 aliphatic rings. The summed E-state index contributed by atoms with van der Waals surface area (Å²) in [5.74, 6) is 5.31. The zero-order valence-corrected chi connectivity index (χ0v) is 13.1. The van der Waals surface area contributed by atoms with Crippen molar-refractivity contribution >= 4 is 42.2 Å². The molecule has 94 valence electrons. The Morgan fingerprint density at radius 1 is 1.44 bits per heavy atom. The Bertz CT molecular complexity index is 462. The highest BCUT2D eigenvalue weighted by atomic mass is 127. The number of hydrogen-bond donors (Lipinski definition) is 0. The highest BCUT2D eigenvalue weighted by molar-refractivity contribution is 14.2. The standard InChI is InChI=1S/C14H14INOS/c1-13(17)7-5-11-16(18-15)12-6-10-14-8-3-2-4-9-14/h2-4,6,8-10H,11-12H2,1H3/b10-6+. The highest BCUT2D eigenvalue weighted by Crippen LogP contribution is 2.17. The zero-order valence-electron chi connectivity index (χ0n) is 10.1. The van der Waals surface area contributed by atoms with Crippen LogP contribution in [0.15, 0.2) is 36.4 Å². The topological polar surface area (TPSA) is 20.3 Å². The van der Waals surface area contributed by atoms with Crippen molar-refractivity contribution in [3.05, 3.63) is 42.0 Å². The molecule has 0 atom stereocenters. The quantitative estimate of drug-likeness (QED) is 0.342. The molecule has 18 heavy (non-hydrogen) atoms. The van der Waals surface area contributed by atoms with Crippen LogP contribution in [0.2, 0.25) is 0 Å². The van der Waals surface area contributed by atoms with E-state index in [-0.39, 0.29) is 5.78 Å². The Morgan fingerprint density at radius 3 is 2.78 bits per heavy atom. The van der Waals surface area contributed by atoms with Gasteiger partial charge in [0.15, 0.2) is 0 Å². The third kappa shape index (κ3) is 6.84. The van der Waals surface area contributed by atoms with Crippen LogP contribution in [0.5, 0.6) is 0 Å². The lowest BCUT2D eigenvalue weighted by molar-refractivity contribution is -0.111. The van der Waals surface area contributed by atoms with E-state index in [0.717, 1.165) is 6.54 Å². The fraction of sp³-hybridized carbons (Fsp3) is 0.214. The van der Waals surface area contributed by atoms with Crippen LogP contribution in [-0.4, -0.2) is 23.2 Å². The summed E-state index contributed by atoms with van der Waals surface area (Å²) in [5.41, 5.74) is 1.19. The van der Waals surface area contributed by atoms with Crippen molar-refractivity contribution in [3.8, 4) is 11.8 Å². The number of nitrogens with zero attached hydrogens (tertiary/aromatic N) is 1. The van der Waals surface area contributed by atoms with E-state index in [1.807, 2.05) is 18.2 Å². The molecule has 0 aromatic heterocycles. The van der Waals surface area contributed by atoms with E-state index in [2.05, 4.69) is 61.6 Å². The average molecular weight is 371 g/mol. The molecule has 4 heteroatoms. The van der Waals surface area contributed by atoms with E-state index in [9.17, 15) is 4.79 Å². The minimum atomic E-state index is -0.0896. The van der Waals surface area contributed by atoms with Crippen LogP contribution in [0.3, 0.4) is 0 Å². The molecule has 2 nitrogen and oxygen atoms in total. The largest absolute Gasteiger partial charge is 0.285 e. The SMILES string of the molecule is CC(=O)C#CCN(C/C=C/c1ccccc1)SI. The van der Waals surface area contributed by atoms with Gasteiger partial charge in [-0.1, -0.05) is 48.4 Å². The van der Waals surface area contributed by atoms with Crippen LogP contribution in [0.25, 0.3) is 6.08 Å². The summed E-state index contributed by atoms with van der Waals surface area (Å²) in [6, 6.07) is 10.2. The van der Waals surface area contributed by atoms with E-state index < -0.39 is 0 Å². The molecule has 0 spiro atoms. The second kappa shape index (κ2) is 9.20. The summed E-state index contributed by atoms with van der Waals surface area (Å²) in [5, 5.41) is 0. The number of carbonyl (C=O) groups is 1. The Hall–Kier alpha value is -0.770. The van der Waals surface area contributed by atoms with Gasteiger partial charge in [0.05, 0.1) is 6.54 Å². The van der Waals surface area contributed by atoms with Crippen LogP contribution in [0.1, 0.15) is 12.5 Å². The number of carbonyl (C=O) groups excluding carboxylic acids is 1. The maximum absolute atomic E-state index is 10.7. The minimum absolute atomic E-state index is 0.0896. The van der Waals surface area contributed by atoms with Crippen molar-refractivity contribution in [2.24, 2.45) is 0 Å². The average Bonchev–Trinajstić information content (AvgIpc) is 2.38. The van der Waals surface area contributed by atoms with E-state index in [1.54, 1.807) is 9.12 Å². The number of benzene rings is 1. The van der Waals surface area contributed by atoms with Crippen molar-refractivity contribution in [3.63, 3.8) is 0 Å². The van der Waals surface area contributed by atoms with E-state index in [1.165, 1.54) is 12.5 Å². The predicted octanol–water partition coefficient (Wildman–Crippen LogP) is 3.59. The number of rotatable bonds is 5. The Balaban J connectivity index is 2.43. The van der Waals surface area contributed by atoms with Gasteiger partial charge in [-0.15, -0.1) is 0 Å². The van der Waals surface area contributed by atoms with Crippen LogP contribution in [0, 0.1) is 11.8 Å². The van der Waals surface area contributed by atoms with Gasteiger partial charge in [0.2, 0.25) is 5.78 Å². The van der Waals surface area contributed by atoms with Gasteiger partial charge in [-0.25, -0.2) is 4.31 Å².